The number of anilines is 2. The molecule has 3 aromatic rings. The molecule has 28 heavy (non-hydrogen) atoms. The molecule has 0 bridgehead atoms. The van der Waals surface area contributed by atoms with E-state index in [1.54, 1.807) is 11.3 Å². The summed E-state index contributed by atoms with van der Waals surface area (Å²) in [5.74, 6) is 0.925. The van der Waals surface area contributed by atoms with E-state index >= 15 is 0 Å². The monoisotopic (exact) mass is 458 g/mol. The summed E-state index contributed by atoms with van der Waals surface area (Å²) in [6, 6.07) is 16.3. The lowest BCUT2D eigenvalue weighted by Crippen LogP contribution is -1.97. The minimum atomic E-state index is 0.794. The van der Waals surface area contributed by atoms with Crippen LogP contribution in [-0.2, 0) is 0 Å². The largest absolute Gasteiger partial charge is 0.494 e. The molecular formula is C23H27BrN2OS. The highest BCUT2D eigenvalue weighted by Gasteiger charge is 2.05. The van der Waals surface area contributed by atoms with Crippen molar-refractivity contribution in [2.45, 2.75) is 45.4 Å². The van der Waals surface area contributed by atoms with Gasteiger partial charge in [-0.05, 0) is 42.8 Å². The van der Waals surface area contributed by atoms with E-state index in [2.05, 4.69) is 50.7 Å². The normalized spacial score (nSPS) is 10.8. The Morgan fingerprint density at radius 1 is 0.929 bits per heavy atom. The Morgan fingerprint density at radius 3 is 2.39 bits per heavy atom. The van der Waals surface area contributed by atoms with Gasteiger partial charge in [-0.3, -0.25) is 0 Å². The highest BCUT2D eigenvalue weighted by Crippen LogP contribution is 2.28. The van der Waals surface area contributed by atoms with E-state index < -0.39 is 0 Å². The van der Waals surface area contributed by atoms with Gasteiger partial charge in [0.05, 0.1) is 12.3 Å². The summed E-state index contributed by atoms with van der Waals surface area (Å²) in [6.07, 6.45) is 7.68. The van der Waals surface area contributed by atoms with Crippen molar-refractivity contribution < 1.29 is 4.74 Å². The fourth-order valence-electron chi connectivity index (χ4n) is 2.91. The average Bonchev–Trinajstić information content (AvgIpc) is 3.17. The molecule has 0 aliphatic carbocycles. The van der Waals surface area contributed by atoms with Crippen molar-refractivity contribution in [1.29, 1.82) is 0 Å². The van der Waals surface area contributed by atoms with Gasteiger partial charge in [-0.15, -0.1) is 11.3 Å². The summed E-state index contributed by atoms with van der Waals surface area (Å²) < 4.78 is 6.92. The Balaban J connectivity index is 1.45. The van der Waals surface area contributed by atoms with Crippen LogP contribution in [0.3, 0.4) is 0 Å². The second-order valence-corrected chi connectivity index (χ2v) is 8.58. The smallest absolute Gasteiger partial charge is 0.187 e. The Hall–Kier alpha value is -1.85. The van der Waals surface area contributed by atoms with Crippen molar-refractivity contribution in [2.24, 2.45) is 0 Å². The summed E-state index contributed by atoms with van der Waals surface area (Å²) in [6.45, 7) is 3.04. The first-order chi connectivity index (χ1) is 13.7. The van der Waals surface area contributed by atoms with E-state index in [0.717, 1.165) is 45.3 Å². The van der Waals surface area contributed by atoms with Gasteiger partial charge in [-0.1, -0.05) is 67.1 Å². The summed E-state index contributed by atoms with van der Waals surface area (Å²) in [5, 5.41) is 6.33. The number of aromatic nitrogens is 1. The molecule has 0 spiro atoms. The van der Waals surface area contributed by atoms with Gasteiger partial charge in [-0.2, -0.15) is 0 Å². The van der Waals surface area contributed by atoms with Crippen LogP contribution in [0.1, 0.15) is 45.4 Å². The quantitative estimate of drug-likeness (QED) is 0.295. The Labute approximate surface area is 180 Å². The molecule has 0 fully saturated rings. The van der Waals surface area contributed by atoms with Gasteiger partial charge in [0.2, 0.25) is 0 Å². The zero-order chi connectivity index (χ0) is 19.6. The molecule has 2 aromatic carbocycles. The molecule has 3 nitrogen and oxygen atoms in total. The van der Waals surface area contributed by atoms with Crippen LogP contribution < -0.4 is 10.1 Å². The molecule has 0 amide bonds. The number of thiazole rings is 1. The van der Waals surface area contributed by atoms with Crippen LogP contribution in [-0.4, -0.2) is 11.6 Å². The van der Waals surface area contributed by atoms with Crippen LogP contribution in [0.2, 0.25) is 0 Å². The molecule has 0 saturated heterocycles. The fraction of sp³-hybridized carbons (Fsp3) is 0.348. The maximum atomic E-state index is 5.84. The topological polar surface area (TPSA) is 34.1 Å². The minimum Gasteiger partial charge on any atom is -0.494 e. The maximum absolute atomic E-state index is 5.84. The van der Waals surface area contributed by atoms with Crippen molar-refractivity contribution in [3.8, 4) is 17.0 Å². The first-order valence-corrected chi connectivity index (χ1v) is 11.6. The highest BCUT2D eigenvalue weighted by atomic mass is 79.9. The third-order valence-electron chi connectivity index (χ3n) is 4.52. The first-order valence-electron chi connectivity index (χ1n) is 9.96. The third kappa shape index (κ3) is 6.64. The lowest BCUT2D eigenvalue weighted by Gasteiger charge is -2.08. The lowest BCUT2D eigenvalue weighted by molar-refractivity contribution is 0.304. The Kier molecular flexibility index (Phi) is 8.37. The van der Waals surface area contributed by atoms with Gasteiger partial charge in [0, 0.05) is 21.1 Å². The number of benzene rings is 2. The number of ether oxygens (including phenoxy) is 1. The first kappa shape index (κ1) is 20.9. The summed E-state index contributed by atoms with van der Waals surface area (Å²) in [5.41, 5.74) is 3.12. The third-order valence-corrected chi connectivity index (χ3v) is 5.80. The van der Waals surface area contributed by atoms with Crippen molar-refractivity contribution in [3.05, 3.63) is 58.4 Å². The van der Waals surface area contributed by atoms with Crippen molar-refractivity contribution in [2.75, 3.05) is 11.9 Å². The number of halogens is 1. The molecule has 0 radical (unpaired) electrons. The predicted octanol–water partition coefficient (Wildman–Crippen LogP) is 8.06. The molecule has 1 aromatic heterocycles. The molecule has 1 heterocycles. The van der Waals surface area contributed by atoms with Crippen LogP contribution in [0.4, 0.5) is 10.8 Å². The van der Waals surface area contributed by atoms with Gasteiger partial charge >= 0.3 is 0 Å². The maximum Gasteiger partial charge on any atom is 0.187 e. The van der Waals surface area contributed by atoms with Gasteiger partial charge in [0.25, 0.3) is 0 Å². The van der Waals surface area contributed by atoms with E-state index in [1.165, 1.54) is 32.1 Å². The van der Waals surface area contributed by atoms with Gasteiger partial charge in [0.15, 0.2) is 5.13 Å². The number of unbranched alkanes of at least 4 members (excludes halogenated alkanes) is 5. The number of rotatable bonds is 11. The summed E-state index contributed by atoms with van der Waals surface area (Å²) >= 11 is 5.07. The molecule has 0 unspecified atom stereocenters. The van der Waals surface area contributed by atoms with E-state index in [0.29, 0.717) is 0 Å². The van der Waals surface area contributed by atoms with Gasteiger partial charge in [-0.25, -0.2) is 4.98 Å². The Bertz CT molecular complexity index is 831. The molecule has 0 atom stereocenters. The lowest BCUT2D eigenvalue weighted by atomic mass is 10.1. The molecule has 148 valence electrons. The van der Waals surface area contributed by atoms with Crippen LogP contribution in [0.15, 0.2) is 58.4 Å². The number of hydrogen-bond donors (Lipinski definition) is 1. The molecule has 0 aliphatic heterocycles. The SMILES string of the molecule is CCCCCCCCOc1ccc(Nc2nc(-c3ccc(Br)cc3)cs2)cc1. The predicted molar refractivity (Wildman–Crippen MR) is 124 cm³/mol. The Morgan fingerprint density at radius 2 is 1.64 bits per heavy atom. The highest BCUT2D eigenvalue weighted by molar-refractivity contribution is 9.10. The minimum absolute atomic E-state index is 0.794. The van der Waals surface area contributed by atoms with E-state index in [4.69, 9.17) is 4.74 Å². The molecule has 3 rings (SSSR count). The van der Waals surface area contributed by atoms with Crippen molar-refractivity contribution in [1.82, 2.24) is 4.98 Å². The van der Waals surface area contributed by atoms with Crippen molar-refractivity contribution >= 4 is 38.1 Å². The zero-order valence-electron chi connectivity index (χ0n) is 16.3. The number of nitrogens with one attached hydrogen (secondary N) is 1. The molecule has 1 N–H and O–H groups in total. The van der Waals surface area contributed by atoms with Crippen molar-refractivity contribution in [3.63, 3.8) is 0 Å². The van der Waals surface area contributed by atoms with Crippen LogP contribution >= 0.6 is 27.3 Å². The van der Waals surface area contributed by atoms with Crippen LogP contribution in [0, 0.1) is 0 Å². The van der Waals surface area contributed by atoms with Gasteiger partial charge < -0.3 is 10.1 Å². The molecular weight excluding hydrogens is 432 g/mol. The van der Waals surface area contributed by atoms with E-state index in [1.807, 2.05) is 36.4 Å². The number of nitrogens with zero attached hydrogens (tertiary/aromatic N) is 1. The second kappa shape index (κ2) is 11.2. The number of hydrogen-bond acceptors (Lipinski definition) is 4. The molecule has 0 aliphatic rings. The fourth-order valence-corrected chi connectivity index (χ4v) is 3.92. The average molecular weight is 459 g/mol. The van der Waals surface area contributed by atoms with Crippen LogP contribution in [0.25, 0.3) is 11.3 Å². The van der Waals surface area contributed by atoms with Gasteiger partial charge in [0.1, 0.15) is 5.75 Å². The molecule has 5 heteroatoms. The standard InChI is InChI=1S/C23H27BrN2OS/c1-2-3-4-5-6-7-16-27-21-14-12-20(13-15-21)25-23-26-22(17-28-23)18-8-10-19(24)11-9-18/h8-15,17H,2-7,16H2,1H3,(H,25,26). The second-order valence-electron chi connectivity index (χ2n) is 6.81. The van der Waals surface area contributed by atoms with E-state index in [9.17, 15) is 0 Å². The van der Waals surface area contributed by atoms with Crippen LogP contribution in [0.5, 0.6) is 5.75 Å². The zero-order valence-corrected chi connectivity index (χ0v) is 18.7. The summed E-state index contributed by atoms with van der Waals surface area (Å²) in [7, 11) is 0. The summed E-state index contributed by atoms with van der Waals surface area (Å²) in [4.78, 5) is 4.68. The van der Waals surface area contributed by atoms with E-state index in [-0.39, 0.29) is 0 Å². The molecule has 0 saturated carbocycles.